The van der Waals surface area contributed by atoms with Gasteiger partial charge in [-0.2, -0.15) is 0 Å². The monoisotopic (exact) mass is 269 g/mol. The molecule has 1 rings (SSSR count). The minimum absolute atomic E-state index is 0.203. The van der Waals surface area contributed by atoms with Crippen LogP contribution in [0.2, 0.25) is 0 Å². The summed E-state index contributed by atoms with van der Waals surface area (Å²) in [5, 5.41) is 3.30. The van der Waals surface area contributed by atoms with E-state index in [0.717, 1.165) is 18.5 Å². The zero-order valence-electron chi connectivity index (χ0n) is 11.4. The van der Waals surface area contributed by atoms with E-state index in [9.17, 15) is 8.42 Å². The van der Waals surface area contributed by atoms with Gasteiger partial charge < -0.3 is 5.32 Å². The molecule has 102 valence electrons. The highest BCUT2D eigenvalue weighted by Crippen LogP contribution is 2.14. The minimum atomic E-state index is -3.14. The fourth-order valence-electron chi connectivity index (χ4n) is 1.75. The molecule has 0 aromatic heterocycles. The van der Waals surface area contributed by atoms with Crippen LogP contribution in [-0.2, 0) is 9.84 Å². The van der Waals surface area contributed by atoms with Gasteiger partial charge in [0.25, 0.3) is 0 Å². The fraction of sp³-hybridized carbons (Fsp3) is 0.571. The van der Waals surface area contributed by atoms with E-state index in [1.165, 1.54) is 0 Å². The summed E-state index contributed by atoms with van der Waals surface area (Å²) < 4.78 is 24.3. The lowest BCUT2D eigenvalue weighted by molar-refractivity contribution is 0.525. The van der Waals surface area contributed by atoms with Crippen LogP contribution in [0, 0.1) is 6.92 Å². The van der Waals surface area contributed by atoms with Gasteiger partial charge in [-0.25, -0.2) is 8.42 Å². The zero-order valence-corrected chi connectivity index (χ0v) is 12.3. The molecule has 0 amide bonds. The first kappa shape index (κ1) is 15.2. The van der Waals surface area contributed by atoms with Gasteiger partial charge in [0.15, 0.2) is 9.84 Å². The molecule has 18 heavy (non-hydrogen) atoms. The average Bonchev–Trinajstić information content (AvgIpc) is 2.34. The van der Waals surface area contributed by atoms with E-state index in [1.54, 1.807) is 18.2 Å². The third-order valence-electron chi connectivity index (χ3n) is 2.91. The molecule has 0 heterocycles. The van der Waals surface area contributed by atoms with Crippen molar-refractivity contribution >= 4 is 9.84 Å². The largest absolute Gasteiger partial charge is 0.314 e. The second-order valence-electron chi connectivity index (χ2n) is 4.78. The van der Waals surface area contributed by atoms with Gasteiger partial charge in [-0.3, -0.25) is 0 Å². The molecule has 4 heteroatoms. The Labute approximate surface area is 111 Å². The van der Waals surface area contributed by atoms with Crippen molar-refractivity contribution in [1.29, 1.82) is 0 Å². The van der Waals surface area contributed by atoms with Crippen molar-refractivity contribution in [2.24, 2.45) is 0 Å². The predicted octanol–water partition coefficient (Wildman–Crippen LogP) is 2.55. The Balaban J connectivity index is 2.60. The molecule has 0 aliphatic carbocycles. The van der Waals surface area contributed by atoms with Crippen molar-refractivity contribution in [2.45, 2.75) is 44.6 Å². The molecule has 3 nitrogen and oxygen atoms in total. The number of benzene rings is 1. The predicted molar refractivity (Wildman–Crippen MR) is 75.6 cm³/mol. The maximum atomic E-state index is 12.1. The van der Waals surface area contributed by atoms with Gasteiger partial charge in [0.2, 0.25) is 0 Å². The summed E-state index contributed by atoms with van der Waals surface area (Å²) in [5.74, 6) is 0.203. The summed E-state index contributed by atoms with van der Waals surface area (Å²) in [6.07, 6.45) is 1.71. The van der Waals surface area contributed by atoms with Crippen molar-refractivity contribution in [1.82, 2.24) is 5.32 Å². The van der Waals surface area contributed by atoms with E-state index in [0.29, 0.717) is 11.3 Å². The van der Waals surface area contributed by atoms with Crippen LogP contribution in [-0.4, -0.2) is 26.8 Å². The number of aryl methyl sites for hydroxylation is 1. The molecule has 0 radical (unpaired) electrons. The molecular weight excluding hydrogens is 246 g/mol. The van der Waals surface area contributed by atoms with Gasteiger partial charge in [0.1, 0.15) is 0 Å². The normalized spacial score (nSPS) is 13.5. The van der Waals surface area contributed by atoms with Crippen LogP contribution in [0.15, 0.2) is 29.2 Å². The summed E-state index contributed by atoms with van der Waals surface area (Å²) in [5.41, 5.74) is 0.980. The lowest BCUT2D eigenvalue weighted by atomic mass is 10.2. The molecule has 1 unspecified atom stereocenters. The maximum absolute atomic E-state index is 12.1. The Kier molecular flexibility index (Phi) is 5.82. The van der Waals surface area contributed by atoms with Gasteiger partial charge in [0, 0.05) is 6.04 Å². The van der Waals surface area contributed by atoms with Crippen LogP contribution in [0.25, 0.3) is 0 Å². The lowest BCUT2D eigenvalue weighted by Gasteiger charge is -2.13. The molecule has 0 fully saturated rings. The van der Waals surface area contributed by atoms with Gasteiger partial charge in [-0.1, -0.05) is 19.1 Å². The zero-order chi connectivity index (χ0) is 13.6. The third kappa shape index (κ3) is 4.78. The summed E-state index contributed by atoms with van der Waals surface area (Å²) >= 11 is 0. The molecule has 0 bridgehead atoms. The van der Waals surface area contributed by atoms with E-state index >= 15 is 0 Å². The first-order valence-electron chi connectivity index (χ1n) is 6.48. The minimum Gasteiger partial charge on any atom is -0.314 e. The van der Waals surface area contributed by atoms with Crippen LogP contribution in [0.4, 0.5) is 0 Å². The summed E-state index contributed by atoms with van der Waals surface area (Å²) in [6, 6.07) is 7.35. The average molecular weight is 269 g/mol. The van der Waals surface area contributed by atoms with Crippen LogP contribution >= 0.6 is 0 Å². The Morgan fingerprint density at radius 2 is 2.06 bits per heavy atom. The molecule has 0 aliphatic rings. The Morgan fingerprint density at radius 3 is 2.67 bits per heavy atom. The van der Waals surface area contributed by atoms with E-state index in [-0.39, 0.29) is 11.8 Å². The third-order valence-corrected chi connectivity index (χ3v) is 4.66. The molecule has 0 spiro atoms. The van der Waals surface area contributed by atoms with E-state index in [4.69, 9.17) is 0 Å². The Bertz CT molecular complexity index is 468. The van der Waals surface area contributed by atoms with Crippen molar-refractivity contribution in [3.8, 4) is 0 Å². The number of nitrogens with one attached hydrogen (secondary N) is 1. The highest BCUT2D eigenvalue weighted by Gasteiger charge is 2.15. The maximum Gasteiger partial charge on any atom is 0.178 e. The number of sulfone groups is 1. The summed E-state index contributed by atoms with van der Waals surface area (Å²) in [4.78, 5) is 0.435. The van der Waals surface area contributed by atoms with Gasteiger partial charge in [0.05, 0.1) is 10.6 Å². The number of rotatable bonds is 7. The first-order chi connectivity index (χ1) is 8.45. The van der Waals surface area contributed by atoms with Crippen LogP contribution in [0.3, 0.4) is 0 Å². The van der Waals surface area contributed by atoms with Crippen molar-refractivity contribution in [2.75, 3.05) is 12.3 Å². The molecule has 1 aromatic carbocycles. The Morgan fingerprint density at radius 1 is 1.33 bits per heavy atom. The summed E-state index contributed by atoms with van der Waals surface area (Å²) in [7, 11) is -3.14. The fourth-order valence-corrected chi connectivity index (χ4v) is 3.30. The quantitative estimate of drug-likeness (QED) is 0.827. The second-order valence-corrected chi connectivity index (χ2v) is 6.89. The molecule has 0 saturated heterocycles. The lowest BCUT2D eigenvalue weighted by Crippen LogP contribution is -2.28. The Hall–Kier alpha value is -0.870. The molecular formula is C14H23NO2S. The van der Waals surface area contributed by atoms with E-state index in [2.05, 4.69) is 12.2 Å². The number of hydrogen-bond acceptors (Lipinski definition) is 3. The highest BCUT2D eigenvalue weighted by atomic mass is 32.2. The first-order valence-corrected chi connectivity index (χ1v) is 8.13. The highest BCUT2D eigenvalue weighted by molar-refractivity contribution is 7.91. The van der Waals surface area contributed by atoms with E-state index < -0.39 is 9.84 Å². The smallest absolute Gasteiger partial charge is 0.178 e. The van der Waals surface area contributed by atoms with Crippen LogP contribution in [0.1, 0.15) is 32.3 Å². The van der Waals surface area contributed by atoms with Crippen LogP contribution < -0.4 is 5.32 Å². The molecule has 0 saturated carbocycles. The topological polar surface area (TPSA) is 46.2 Å². The van der Waals surface area contributed by atoms with Crippen LogP contribution in [0.5, 0.6) is 0 Å². The second kappa shape index (κ2) is 6.90. The summed E-state index contributed by atoms with van der Waals surface area (Å²) in [6.45, 7) is 6.97. The van der Waals surface area contributed by atoms with Crippen molar-refractivity contribution in [3.05, 3.63) is 29.8 Å². The molecule has 1 atom stereocenters. The SMILES string of the molecule is CCCNC(C)CCS(=O)(=O)c1cccc(C)c1. The van der Waals surface area contributed by atoms with Crippen molar-refractivity contribution in [3.63, 3.8) is 0 Å². The van der Waals surface area contributed by atoms with Crippen molar-refractivity contribution < 1.29 is 8.42 Å². The molecule has 1 N–H and O–H groups in total. The van der Waals surface area contributed by atoms with Gasteiger partial charge >= 0.3 is 0 Å². The van der Waals surface area contributed by atoms with Gasteiger partial charge in [-0.05, 0) is 50.9 Å². The molecule has 0 aliphatic heterocycles. The van der Waals surface area contributed by atoms with E-state index in [1.807, 2.05) is 19.9 Å². The standard InChI is InChI=1S/C14H23NO2S/c1-4-9-15-13(3)8-10-18(16,17)14-7-5-6-12(2)11-14/h5-7,11,13,15H,4,8-10H2,1-3H3. The number of hydrogen-bond donors (Lipinski definition) is 1. The molecule has 1 aromatic rings. The van der Waals surface area contributed by atoms with Gasteiger partial charge in [-0.15, -0.1) is 0 Å².